The van der Waals surface area contributed by atoms with Crippen LogP contribution in [0.1, 0.15) is 12.5 Å². The van der Waals surface area contributed by atoms with E-state index in [0.717, 1.165) is 16.8 Å². The van der Waals surface area contributed by atoms with Crippen LogP contribution < -0.4 is 10.6 Å². The molecule has 4 aromatic rings. The van der Waals surface area contributed by atoms with Crippen LogP contribution in [-0.2, 0) is 4.74 Å². The lowest BCUT2D eigenvalue weighted by atomic mass is 10.1. The van der Waals surface area contributed by atoms with Crippen molar-refractivity contribution >= 4 is 11.7 Å². The first kappa shape index (κ1) is 18.7. The number of hydrogen-bond acceptors (Lipinski definition) is 6. The molecule has 148 valence electrons. The highest BCUT2D eigenvalue weighted by atomic mass is 16.5. The Morgan fingerprint density at radius 2 is 2.07 bits per heavy atom. The van der Waals surface area contributed by atoms with Crippen LogP contribution in [0.5, 0.6) is 0 Å². The van der Waals surface area contributed by atoms with Crippen LogP contribution in [-0.4, -0.2) is 33.1 Å². The molecule has 2 aromatic carbocycles. The Balaban J connectivity index is 1.69. The van der Waals surface area contributed by atoms with Gasteiger partial charge in [0.15, 0.2) is 5.76 Å². The van der Waals surface area contributed by atoms with Gasteiger partial charge in [0.1, 0.15) is 13.1 Å². The van der Waals surface area contributed by atoms with Crippen molar-refractivity contribution < 1.29 is 9.15 Å². The number of nitrogens with one attached hydrogen (secondary N) is 1. The van der Waals surface area contributed by atoms with E-state index in [2.05, 4.69) is 15.1 Å². The lowest BCUT2D eigenvalue weighted by Gasteiger charge is -2.22. The SMILES string of the molecule is CCOCN(c1ncc(-c2cccc(-n3nc[nH]c3=O)c2)o1)c1ccccc1C. The van der Waals surface area contributed by atoms with E-state index in [0.29, 0.717) is 30.8 Å². The van der Waals surface area contributed by atoms with Gasteiger partial charge in [-0.05, 0) is 37.6 Å². The molecule has 0 aliphatic carbocycles. The summed E-state index contributed by atoms with van der Waals surface area (Å²) in [6.45, 7) is 4.88. The zero-order valence-electron chi connectivity index (χ0n) is 16.2. The van der Waals surface area contributed by atoms with Crippen LogP contribution in [0.2, 0.25) is 0 Å². The summed E-state index contributed by atoms with van der Waals surface area (Å²) < 4.78 is 13.0. The molecule has 0 radical (unpaired) electrons. The zero-order valence-corrected chi connectivity index (χ0v) is 16.2. The monoisotopic (exact) mass is 391 g/mol. The van der Waals surface area contributed by atoms with Crippen molar-refractivity contribution in [2.75, 3.05) is 18.2 Å². The van der Waals surface area contributed by atoms with Gasteiger partial charge in [-0.1, -0.05) is 30.3 Å². The first-order valence-corrected chi connectivity index (χ1v) is 9.27. The number of aromatic amines is 1. The lowest BCUT2D eigenvalue weighted by molar-refractivity contribution is 0.151. The molecule has 29 heavy (non-hydrogen) atoms. The molecule has 4 rings (SSSR count). The number of para-hydroxylation sites is 1. The summed E-state index contributed by atoms with van der Waals surface area (Å²) in [5.41, 5.74) is 3.18. The van der Waals surface area contributed by atoms with Gasteiger partial charge in [0.05, 0.1) is 17.6 Å². The molecular formula is C21H21N5O3. The Hall–Kier alpha value is -3.65. The molecule has 1 N–H and O–H groups in total. The first-order chi connectivity index (χ1) is 14.2. The molecule has 8 heteroatoms. The molecule has 2 heterocycles. The van der Waals surface area contributed by atoms with E-state index in [9.17, 15) is 4.79 Å². The van der Waals surface area contributed by atoms with Gasteiger partial charge in [0.25, 0.3) is 0 Å². The standard InChI is InChI=1S/C21H21N5O3/c1-3-28-14-25(18-10-5-4-7-15(18)2)21-22-12-19(29-21)16-8-6-9-17(11-16)26-20(27)23-13-24-26/h4-13H,3,14H2,1-2H3,(H,23,24,27). The van der Waals surface area contributed by atoms with Crippen LogP contribution in [0.4, 0.5) is 11.7 Å². The minimum absolute atomic E-state index is 0.303. The molecule has 0 aliphatic rings. The van der Waals surface area contributed by atoms with E-state index in [1.807, 2.05) is 61.2 Å². The number of ether oxygens (including phenoxy) is 1. The summed E-state index contributed by atoms with van der Waals surface area (Å²) in [5, 5.41) is 4.01. The Morgan fingerprint density at radius 3 is 2.83 bits per heavy atom. The number of nitrogens with zero attached hydrogens (tertiary/aromatic N) is 4. The number of aromatic nitrogens is 4. The van der Waals surface area contributed by atoms with Crippen molar-refractivity contribution in [1.82, 2.24) is 19.7 Å². The fourth-order valence-electron chi connectivity index (χ4n) is 3.03. The summed E-state index contributed by atoms with van der Waals surface area (Å²) in [6, 6.07) is 15.8. The second-order valence-corrected chi connectivity index (χ2v) is 6.40. The van der Waals surface area contributed by atoms with E-state index in [1.54, 1.807) is 12.3 Å². The Kier molecular flexibility index (Phi) is 5.26. The molecule has 0 atom stereocenters. The van der Waals surface area contributed by atoms with Crippen LogP contribution >= 0.6 is 0 Å². The van der Waals surface area contributed by atoms with Crippen molar-refractivity contribution in [1.29, 1.82) is 0 Å². The van der Waals surface area contributed by atoms with Crippen molar-refractivity contribution in [3.8, 4) is 17.0 Å². The molecule has 0 fully saturated rings. The third-order valence-electron chi connectivity index (χ3n) is 4.48. The summed E-state index contributed by atoms with van der Waals surface area (Å²) in [7, 11) is 0. The van der Waals surface area contributed by atoms with Gasteiger partial charge in [-0.25, -0.2) is 9.78 Å². The number of rotatable bonds is 7. The Labute approximate surface area is 167 Å². The van der Waals surface area contributed by atoms with Crippen molar-refractivity contribution in [2.45, 2.75) is 13.8 Å². The van der Waals surface area contributed by atoms with Crippen LogP contribution in [0.15, 0.2) is 70.3 Å². The average molecular weight is 391 g/mol. The highest BCUT2D eigenvalue weighted by Crippen LogP contribution is 2.31. The molecular weight excluding hydrogens is 370 g/mol. The smallest absolute Gasteiger partial charge is 0.347 e. The highest BCUT2D eigenvalue weighted by molar-refractivity contribution is 5.64. The number of H-pyrrole nitrogens is 1. The minimum Gasteiger partial charge on any atom is -0.423 e. The quantitative estimate of drug-likeness (QED) is 0.484. The first-order valence-electron chi connectivity index (χ1n) is 9.27. The summed E-state index contributed by atoms with van der Waals surface area (Å²) >= 11 is 0. The normalized spacial score (nSPS) is 11.0. The second kappa shape index (κ2) is 8.15. The van der Waals surface area contributed by atoms with Crippen LogP contribution in [0.25, 0.3) is 17.0 Å². The van der Waals surface area contributed by atoms with Crippen LogP contribution in [0, 0.1) is 6.92 Å². The fraction of sp³-hybridized carbons (Fsp3) is 0.190. The maximum absolute atomic E-state index is 11.8. The van der Waals surface area contributed by atoms with E-state index in [-0.39, 0.29) is 5.69 Å². The molecule has 2 aromatic heterocycles. The largest absolute Gasteiger partial charge is 0.423 e. The van der Waals surface area contributed by atoms with Gasteiger partial charge in [-0.15, -0.1) is 0 Å². The number of hydrogen-bond donors (Lipinski definition) is 1. The van der Waals surface area contributed by atoms with Gasteiger partial charge in [0.2, 0.25) is 0 Å². The third kappa shape index (κ3) is 3.83. The van der Waals surface area contributed by atoms with Gasteiger partial charge in [0, 0.05) is 12.2 Å². The zero-order chi connectivity index (χ0) is 20.2. The molecule has 8 nitrogen and oxygen atoms in total. The molecule has 0 spiro atoms. The Bertz CT molecular complexity index is 1160. The van der Waals surface area contributed by atoms with Gasteiger partial charge >= 0.3 is 11.7 Å². The maximum Gasteiger partial charge on any atom is 0.347 e. The molecule has 0 saturated heterocycles. The van der Waals surface area contributed by atoms with Gasteiger partial charge in [-0.2, -0.15) is 9.78 Å². The predicted molar refractivity (Wildman–Crippen MR) is 109 cm³/mol. The number of aryl methyl sites for hydroxylation is 1. The Morgan fingerprint density at radius 1 is 1.21 bits per heavy atom. The van der Waals surface area contributed by atoms with E-state index < -0.39 is 0 Å². The highest BCUT2D eigenvalue weighted by Gasteiger charge is 2.18. The third-order valence-corrected chi connectivity index (χ3v) is 4.48. The van der Waals surface area contributed by atoms with Crippen molar-refractivity contribution in [3.63, 3.8) is 0 Å². The lowest BCUT2D eigenvalue weighted by Crippen LogP contribution is -2.21. The number of benzene rings is 2. The molecule has 0 bridgehead atoms. The molecule has 0 unspecified atom stereocenters. The van der Waals surface area contributed by atoms with Gasteiger partial charge < -0.3 is 9.15 Å². The number of oxazole rings is 1. The summed E-state index contributed by atoms with van der Waals surface area (Å²) in [6.07, 6.45) is 3.02. The van der Waals surface area contributed by atoms with Crippen molar-refractivity contribution in [2.24, 2.45) is 0 Å². The predicted octanol–water partition coefficient (Wildman–Crippen LogP) is 3.66. The van der Waals surface area contributed by atoms with E-state index in [4.69, 9.17) is 9.15 Å². The summed E-state index contributed by atoms with van der Waals surface area (Å²) in [5.74, 6) is 0.584. The maximum atomic E-state index is 11.8. The molecule has 0 amide bonds. The van der Waals surface area contributed by atoms with Crippen LogP contribution in [0.3, 0.4) is 0 Å². The number of anilines is 2. The topological polar surface area (TPSA) is 89.2 Å². The molecule has 0 aliphatic heterocycles. The van der Waals surface area contributed by atoms with Gasteiger partial charge in [-0.3, -0.25) is 9.88 Å². The second-order valence-electron chi connectivity index (χ2n) is 6.40. The fourth-order valence-corrected chi connectivity index (χ4v) is 3.03. The summed E-state index contributed by atoms with van der Waals surface area (Å²) in [4.78, 5) is 20.7. The molecule has 0 saturated carbocycles. The van der Waals surface area contributed by atoms with E-state index in [1.165, 1.54) is 11.0 Å². The minimum atomic E-state index is -0.303. The van der Waals surface area contributed by atoms with Crippen molar-refractivity contribution in [3.05, 3.63) is 77.1 Å². The van der Waals surface area contributed by atoms with E-state index >= 15 is 0 Å². The average Bonchev–Trinajstić information content (AvgIpc) is 3.39.